The Balaban J connectivity index is 2.09. The molecule has 3 aromatic rings. The third-order valence-corrected chi connectivity index (χ3v) is 4.00. The van der Waals surface area contributed by atoms with E-state index in [1.165, 1.54) is 6.33 Å². The van der Waals surface area contributed by atoms with Crippen LogP contribution in [0, 0.1) is 13.8 Å². The predicted octanol–water partition coefficient (Wildman–Crippen LogP) is 2.06. The molecule has 1 aromatic carbocycles. The van der Waals surface area contributed by atoms with Crippen molar-refractivity contribution in [3.63, 3.8) is 0 Å². The number of aliphatic hydroxyl groups is 1. The van der Waals surface area contributed by atoms with E-state index in [2.05, 4.69) is 20.4 Å². The normalized spacial score (nSPS) is 12.0. The van der Waals surface area contributed by atoms with Gasteiger partial charge in [-0.3, -0.25) is 9.78 Å². The van der Waals surface area contributed by atoms with Gasteiger partial charge in [-0.1, -0.05) is 6.07 Å². The highest BCUT2D eigenvalue weighted by atomic mass is 16.3. The third kappa shape index (κ3) is 3.78. The fourth-order valence-electron chi connectivity index (χ4n) is 2.56. The van der Waals surface area contributed by atoms with E-state index in [0.29, 0.717) is 11.4 Å². The molecular formula is C19H21N5O2. The van der Waals surface area contributed by atoms with E-state index in [1.54, 1.807) is 29.9 Å². The monoisotopic (exact) mass is 351 g/mol. The highest BCUT2D eigenvalue weighted by Crippen LogP contribution is 2.23. The van der Waals surface area contributed by atoms with Crippen LogP contribution in [0.2, 0.25) is 0 Å². The second-order valence-electron chi connectivity index (χ2n) is 6.27. The smallest absolute Gasteiger partial charge is 0.251 e. The van der Waals surface area contributed by atoms with Crippen molar-refractivity contribution in [3.8, 4) is 16.9 Å². The summed E-state index contributed by atoms with van der Waals surface area (Å²) < 4.78 is 1.67. The first-order valence-corrected chi connectivity index (χ1v) is 8.35. The molecule has 2 heterocycles. The minimum Gasteiger partial charge on any atom is -0.394 e. The van der Waals surface area contributed by atoms with E-state index in [4.69, 9.17) is 0 Å². The number of amides is 1. The van der Waals surface area contributed by atoms with Crippen molar-refractivity contribution >= 4 is 5.91 Å². The van der Waals surface area contributed by atoms with Crippen molar-refractivity contribution in [2.24, 2.45) is 0 Å². The predicted molar refractivity (Wildman–Crippen MR) is 98.1 cm³/mol. The Labute approximate surface area is 151 Å². The quantitative estimate of drug-likeness (QED) is 0.734. The molecule has 0 bridgehead atoms. The molecule has 2 aromatic heterocycles. The highest BCUT2D eigenvalue weighted by molar-refractivity contribution is 5.96. The van der Waals surface area contributed by atoms with Crippen LogP contribution in [0.5, 0.6) is 0 Å². The molecule has 134 valence electrons. The zero-order chi connectivity index (χ0) is 18.7. The Hall–Kier alpha value is -3.06. The molecule has 3 rings (SSSR count). The fourth-order valence-corrected chi connectivity index (χ4v) is 2.56. The van der Waals surface area contributed by atoms with E-state index < -0.39 is 0 Å². The first kappa shape index (κ1) is 17.8. The molecule has 2 N–H and O–H groups in total. The zero-order valence-corrected chi connectivity index (χ0v) is 15.0. The molecule has 0 aliphatic carbocycles. The minimum absolute atomic E-state index is 0.125. The van der Waals surface area contributed by atoms with Gasteiger partial charge in [-0.05, 0) is 50.6 Å². The van der Waals surface area contributed by atoms with Crippen LogP contribution < -0.4 is 5.32 Å². The fraction of sp³-hybridized carbons (Fsp3) is 0.263. The van der Waals surface area contributed by atoms with Gasteiger partial charge in [0.25, 0.3) is 5.91 Å². The van der Waals surface area contributed by atoms with Crippen LogP contribution in [-0.2, 0) is 0 Å². The summed E-state index contributed by atoms with van der Waals surface area (Å²) in [6, 6.07) is 9.02. The molecule has 0 unspecified atom stereocenters. The lowest BCUT2D eigenvalue weighted by Crippen LogP contribution is -2.35. The van der Waals surface area contributed by atoms with Gasteiger partial charge < -0.3 is 10.4 Å². The summed E-state index contributed by atoms with van der Waals surface area (Å²) in [4.78, 5) is 21.2. The van der Waals surface area contributed by atoms with Crippen molar-refractivity contribution in [2.45, 2.75) is 26.8 Å². The number of aryl methyl sites for hydroxylation is 2. The van der Waals surface area contributed by atoms with Crippen LogP contribution in [0.1, 0.15) is 28.7 Å². The Kier molecular flexibility index (Phi) is 5.09. The Morgan fingerprint density at radius 1 is 1.23 bits per heavy atom. The maximum atomic E-state index is 12.6. The number of pyridine rings is 1. The number of nitrogens with zero attached hydrogens (tertiary/aromatic N) is 4. The van der Waals surface area contributed by atoms with Gasteiger partial charge >= 0.3 is 0 Å². The van der Waals surface area contributed by atoms with Crippen molar-refractivity contribution in [3.05, 3.63) is 59.8 Å². The molecule has 0 fully saturated rings. The molecular weight excluding hydrogens is 330 g/mol. The Morgan fingerprint density at radius 2 is 2.04 bits per heavy atom. The van der Waals surface area contributed by atoms with Gasteiger partial charge in [0.1, 0.15) is 12.2 Å². The first-order chi connectivity index (χ1) is 12.5. The Bertz CT molecular complexity index is 918. The summed E-state index contributed by atoms with van der Waals surface area (Å²) in [7, 11) is 0. The number of hydrogen-bond donors (Lipinski definition) is 2. The largest absolute Gasteiger partial charge is 0.394 e. The average Bonchev–Trinajstić information content (AvgIpc) is 3.07. The molecule has 0 saturated heterocycles. The molecule has 1 atom stereocenters. The third-order valence-electron chi connectivity index (χ3n) is 4.00. The van der Waals surface area contributed by atoms with Crippen LogP contribution in [0.4, 0.5) is 0 Å². The maximum absolute atomic E-state index is 12.6. The second-order valence-corrected chi connectivity index (χ2v) is 6.27. The molecule has 0 radical (unpaired) electrons. The molecule has 0 spiro atoms. The molecule has 26 heavy (non-hydrogen) atoms. The molecule has 0 aliphatic heterocycles. The summed E-state index contributed by atoms with van der Waals surface area (Å²) >= 11 is 0. The van der Waals surface area contributed by atoms with Crippen LogP contribution >= 0.6 is 0 Å². The number of carbonyl (C=O) groups is 1. The number of carbonyl (C=O) groups excluding carboxylic acids is 1. The molecule has 7 heteroatoms. The number of nitrogens with one attached hydrogen (secondary N) is 1. The number of benzene rings is 1. The van der Waals surface area contributed by atoms with Gasteiger partial charge in [-0.15, -0.1) is 0 Å². The lowest BCUT2D eigenvalue weighted by Gasteiger charge is -2.13. The second kappa shape index (κ2) is 7.45. The van der Waals surface area contributed by atoms with Crippen molar-refractivity contribution in [2.75, 3.05) is 6.61 Å². The summed E-state index contributed by atoms with van der Waals surface area (Å²) in [6.07, 6.45) is 3.26. The number of aromatic nitrogens is 4. The van der Waals surface area contributed by atoms with Crippen LogP contribution in [-0.4, -0.2) is 43.4 Å². The van der Waals surface area contributed by atoms with Gasteiger partial charge in [0, 0.05) is 23.4 Å². The van der Waals surface area contributed by atoms with E-state index in [-0.39, 0.29) is 18.6 Å². The number of hydrogen-bond acceptors (Lipinski definition) is 5. The zero-order valence-electron chi connectivity index (χ0n) is 15.0. The number of aliphatic hydroxyl groups excluding tert-OH is 1. The van der Waals surface area contributed by atoms with Crippen LogP contribution in [0.15, 0.2) is 42.9 Å². The topological polar surface area (TPSA) is 92.9 Å². The van der Waals surface area contributed by atoms with Gasteiger partial charge in [-0.2, -0.15) is 5.10 Å². The summed E-state index contributed by atoms with van der Waals surface area (Å²) in [5.74, 6) is 0.452. The molecule has 1 amide bonds. The van der Waals surface area contributed by atoms with E-state index in [9.17, 15) is 9.90 Å². The SMILES string of the molecule is Cc1ccc(-c2cc(C(=O)N[C@@H](C)CO)cc(-n3ncnc3C)c2)nc1. The Morgan fingerprint density at radius 3 is 2.65 bits per heavy atom. The lowest BCUT2D eigenvalue weighted by molar-refractivity contribution is 0.0922. The molecule has 7 nitrogen and oxygen atoms in total. The van der Waals surface area contributed by atoms with Gasteiger partial charge in [-0.25, -0.2) is 9.67 Å². The average molecular weight is 351 g/mol. The van der Waals surface area contributed by atoms with E-state index in [1.807, 2.05) is 32.0 Å². The molecule has 0 saturated carbocycles. The van der Waals surface area contributed by atoms with Crippen LogP contribution in [0.3, 0.4) is 0 Å². The molecule has 0 aliphatic rings. The maximum Gasteiger partial charge on any atom is 0.251 e. The standard InChI is InChI=1S/C19H21N5O2/c1-12-4-5-18(20-9-12)15-6-16(19(26)23-13(2)10-25)8-17(7-15)24-14(3)21-11-22-24/h4-9,11,13,25H,10H2,1-3H3,(H,23,26)/t13-/m0/s1. The van der Waals surface area contributed by atoms with Crippen LogP contribution in [0.25, 0.3) is 16.9 Å². The van der Waals surface area contributed by atoms with E-state index in [0.717, 1.165) is 22.5 Å². The van der Waals surface area contributed by atoms with Crippen molar-refractivity contribution < 1.29 is 9.90 Å². The van der Waals surface area contributed by atoms with Gasteiger partial charge in [0.15, 0.2) is 0 Å². The van der Waals surface area contributed by atoms with Crippen molar-refractivity contribution in [1.82, 2.24) is 25.1 Å². The minimum atomic E-state index is -0.333. The summed E-state index contributed by atoms with van der Waals surface area (Å²) in [5.41, 5.74) is 3.82. The highest BCUT2D eigenvalue weighted by Gasteiger charge is 2.14. The van der Waals surface area contributed by atoms with Gasteiger partial charge in [0.05, 0.1) is 18.0 Å². The van der Waals surface area contributed by atoms with Gasteiger partial charge in [0.2, 0.25) is 0 Å². The van der Waals surface area contributed by atoms with Crippen molar-refractivity contribution in [1.29, 1.82) is 0 Å². The summed E-state index contributed by atoms with van der Waals surface area (Å²) in [5, 5.41) is 16.2. The number of rotatable bonds is 5. The summed E-state index contributed by atoms with van der Waals surface area (Å²) in [6.45, 7) is 5.43. The first-order valence-electron chi connectivity index (χ1n) is 8.35. The lowest BCUT2D eigenvalue weighted by atomic mass is 10.0. The van der Waals surface area contributed by atoms with E-state index >= 15 is 0 Å².